The molecule has 3 aromatic carbocycles. The van der Waals surface area contributed by atoms with E-state index in [1.807, 2.05) is 62.7 Å². The minimum absolute atomic E-state index is 0.195. The highest BCUT2D eigenvalue weighted by Crippen LogP contribution is 2.38. The predicted molar refractivity (Wildman–Crippen MR) is 145 cm³/mol. The number of hydrogen-bond donors (Lipinski definition) is 0. The number of rotatable bonds is 4. The number of aryl methyl sites for hydroxylation is 2. The predicted octanol–water partition coefficient (Wildman–Crippen LogP) is 5.56. The zero-order chi connectivity index (χ0) is 25.4. The molecule has 3 aromatic rings. The molecule has 0 spiro atoms. The molecule has 4 nitrogen and oxygen atoms in total. The zero-order valence-electron chi connectivity index (χ0n) is 20.9. The van der Waals surface area contributed by atoms with Crippen molar-refractivity contribution in [3.05, 3.63) is 131 Å². The summed E-state index contributed by atoms with van der Waals surface area (Å²) in [5.74, 6) is -0.390. The van der Waals surface area contributed by atoms with Crippen LogP contribution in [0.15, 0.2) is 114 Å². The summed E-state index contributed by atoms with van der Waals surface area (Å²) in [6.07, 6.45) is 7.58. The maximum atomic E-state index is 13.0. The maximum absolute atomic E-state index is 13.0. The van der Waals surface area contributed by atoms with E-state index in [4.69, 9.17) is 0 Å². The molecule has 0 unspecified atom stereocenters. The Balaban J connectivity index is 1.37. The average molecular weight is 473 g/mol. The first-order chi connectivity index (χ1) is 17.3. The second-order valence-electron chi connectivity index (χ2n) is 9.29. The van der Waals surface area contributed by atoms with Crippen LogP contribution in [0.1, 0.15) is 16.7 Å². The molecule has 0 saturated carbocycles. The van der Waals surface area contributed by atoms with Crippen molar-refractivity contribution >= 4 is 34.1 Å². The molecular weight excluding hydrogens is 444 g/mol. The van der Waals surface area contributed by atoms with Gasteiger partial charge in [0.25, 0.3) is 0 Å². The van der Waals surface area contributed by atoms with Gasteiger partial charge in [-0.1, -0.05) is 53.3 Å². The lowest BCUT2D eigenvalue weighted by molar-refractivity contribution is -0.403. The van der Waals surface area contributed by atoms with E-state index in [0.29, 0.717) is 11.1 Å². The van der Waals surface area contributed by atoms with Crippen molar-refractivity contribution in [3.63, 3.8) is 0 Å². The smallest absolute Gasteiger partial charge is 0.205 e. The number of nitrogens with zero attached hydrogens (tertiary/aromatic N) is 2. The van der Waals surface area contributed by atoms with Gasteiger partial charge in [-0.05, 0) is 61.4 Å². The van der Waals surface area contributed by atoms with Gasteiger partial charge >= 0.3 is 0 Å². The molecule has 0 heterocycles. The molecule has 178 valence electrons. The fraction of sp³-hybridized carbons (Fsp3) is 0.125. The Labute approximate surface area is 212 Å². The number of carbonyl (C=O) groups excluding carboxylic acids is 1. The third kappa shape index (κ3) is 4.22. The summed E-state index contributed by atoms with van der Waals surface area (Å²) in [5.41, 5.74) is 8.37. The number of ketones is 1. The van der Waals surface area contributed by atoms with E-state index in [9.17, 15) is 9.90 Å². The molecule has 0 aromatic heterocycles. The second kappa shape index (κ2) is 9.31. The zero-order valence-corrected chi connectivity index (χ0v) is 20.9. The van der Waals surface area contributed by atoms with Crippen LogP contribution in [0.3, 0.4) is 0 Å². The van der Waals surface area contributed by atoms with E-state index < -0.39 is 0 Å². The molecule has 5 rings (SSSR count). The molecule has 0 amide bonds. The Morgan fingerprint density at radius 1 is 0.694 bits per heavy atom. The van der Waals surface area contributed by atoms with E-state index in [2.05, 4.69) is 71.9 Å². The Morgan fingerprint density at radius 3 is 1.72 bits per heavy atom. The first kappa shape index (κ1) is 23.3. The van der Waals surface area contributed by atoms with Crippen LogP contribution in [0.4, 0.5) is 17.1 Å². The fourth-order valence-electron chi connectivity index (χ4n) is 4.46. The standard InChI is InChI=1S/C32H28N2O2/c1-21-5-13-25(14-6-21)33(3)27-17-9-23(10-18-27)29-31(35)30(32(29)36)24-11-19-28(20-12-24)34(4)26-15-7-22(2)8-16-26/h5-20H,1-4H3. The number of hydrogen-bond acceptors (Lipinski definition) is 3. The van der Waals surface area contributed by atoms with E-state index in [1.54, 1.807) is 0 Å². The SMILES string of the molecule is Cc1ccc(N(C)c2ccc(C3=C([O-])C(=C4C=CC(=[N+](C)c5ccc(C)cc5)C=C4)C3=O)cc2)cc1. The first-order valence-corrected chi connectivity index (χ1v) is 12.0. The van der Waals surface area contributed by atoms with Crippen LogP contribution in [0.25, 0.3) is 5.57 Å². The molecule has 0 atom stereocenters. The van der Waals surface area contributed by atoms with Crippen molar-refractivity contribution in [2.45, 2.75) is 13.8 Å². The van der Waals surface area contributed by atoms with Crippen molar-refractivity contribution in [1.82, 2.24) is 0 Å². The molecule has 0 saturated heterocycles. The largest absolute Gasteiger partial charge is 0.871 e. The molecular formula is C32H28N2O2. The number of allylic oxidation sites excluding steroid dienone is 7. The van der Waals surface area contributed by atoms with E-state index in [0.717, 1.165) is 22.8 Å². The number of carbonyl (C=O) groups is 1. The monoisotopic (exact) mass is 472 g/mol. The highest BCUT2D eigenvalue weighted by molar-refractivity contribution is 6.39. The van der Waals surface area contributed by atoms with Crippen LogP contribution < -0.4 is 10.0 Å². The van der Waals surface area contributed by atoms with Crippen LogP contribution in [-0.2, 0) is 4.79 Å². The third-order valence-corrected chi connectivity index (χ3v) is 6.84. The Morgan fingerprint density at radius 2 is 1.19 bits per heavy atom. The van der Waals surface area contributed by atoms with Crippen LogP contribution >= 0.6 is 0 Å². The van der Waals surface area contributed by atoms with Crippen molar-refractivity contribution in [3.8, 4) is 0 Å². The van der Waals surface area contributed by atoms with Gasteiger partial charge in [0, 0.05) is 53.9 Å². The van der Waals surface area contributed by atoms with Crippen molar-refractivity contribution < 1.29 is 14.5 Å². The van der Waals surface area contributed by atoms with Crippen molar-refractivity contribution in [1.29, 1.82) is 0 Å². The van der Waals surface area contributed by atoms with Crippen LogP contribution in [0.5, 0.6) is 0 Å². The van der Waals surface area contributed by atoms with E-state index >= 15 is 0 Å². The van der Waals surface area contributed by atoms with Crippen LogP contribution in [0, 0.1) is 13.8 Å². The molecule has 0 bridgehead atoms. The number of Topliss-reactive ketones (excluding diaryl/α,β-unsaturated/α-hetero) is 1. The molecule has 2 aliphatic carbocycles. The Bertz CT molecular complexity index is 1480. The van der Waals surface area contributed by atoms with E-state index in [1.165, 1.54) is 11.1 Å². The lowest BCUT2D eigenvalue weighted by atomic mass is 9.80. The molecule has 0 aliphatic heterocycles. The van der Waals surface area contributed by atoms with Gasteiger partial charge in [0.15, 0.2) is 5.78 Å². The minimum Gasteiger partial charge on any atom is -0.871 e. The summed E-state index contributed by atoms with van der Waals surface area (Å²) < 4.78 is 2.07. The summed E-state index contributed by atoms with van der Waals surface area (Å²) in [6.45, 7) is 4.12. The molecule has 36 heavy (non-hydrogen) atoms. The Kier molecular flexibility index (Phi) is 6.03. The fourth-order valence-corrected chi connectivity index (χ4v) is 4.46. The van der Waals surface area contributed by atoms with Gasteiger partial charge in [0.1, 0.15) is 7.05 Å². The van der Waals surface area contributed by atoms with E-state index in [-0.39, 0.29) is 22.7 Å². The summed E-state index contributed by atoms with van der Waals surface area (Å²) in [7, 11) is 4.00. The van der Waals surface area contributed by atoms with Gasteiger partial charge in [-0.25, -0.2) is 0 Å². The van der Waals surface area contributed by atoms with Gasteiger partial charge < -0.3 is 10.0 Å². The van der Waals surface area contributed by atoms with Gasteiger partial charge in [-0.15, -0.1) is 0 Å². The lowest BCUT2D eigenvalue weighted by Crippen LogP contribution is -2.30. The molecule has 0 radical (unpaired) electrons. The molecule has 4 heteroatoms. The number of benzene rings is 3. The minimum atomic E-state index is -0.195. The highest BCUT2D eigenvalue weighted by Gasteiger charge is 2.30. The normalized spacial score (nSPS) is 14.9. The second-order valence-corrected chi connectivity index (χ2v) is 9.29. The van der Waals surface area contributed by atoms with Crippen LogP contribution in [0.2, 0.25) is 0 Å². The summed E-state index contributed by atoms with van der Waals surface area (Å²) in [4.78, 5) is 15.1. The molecule has 0 fully saturated rings. The Hall–Kier alpha value is -4.44. The summed E-state index contributed by atoms with van der Waals surface area (Å²) in [6, 6.07) is 24.2. The van der Waals surface area contributed by atoms with Gasteiger partial charge in [0.2, 0.25) is 11.4 Å². The summed E-state index contributed by atoms with van der Waals surface area (Å²) >= 11 is 0. The first-order valence-electron chi connectivity index (χ1n) is 12.0. The highest BCUT2D eigenvalue weighted by atomic mass is 16.3. The third-order valence-electron chi connectivity index (χ3n) is 6.84. The van der Waals surface area contributed by atoms with Gasteiger partial charge in [-0.3, -0.25) is 4.79 Å². The van der Waals surface area contributed by atoms with Gasteiger partial charge in [0.05, 0.1) is 0 Å². The summed E-state index contributed by atoms with van der Waals surface area (Å²) in [5, 5.41) is 13.0. The van der Waals surface area contributed by atoms with Gasteiger partial charge in [-0.2, -0.15) is 4.58 Å². The average Bonchev–Trinajstić information content (AvgIpc) is 2.90. The lowest BCUT2D eigenvalue weighted by Gasteiger charge is -2.32. The van der Waals surface area contributed by atoms with Crippen molar-refractivity contribution in [2.75, 3.05) is 19.0 Å². The van der Waals surface area contributed by atoms with Crippen molar-refractivity contribution in [2.24, 2.45) is 0 Å². The maximum Gasteiger partial charge on any atom is 0.205 e. The molecule has 0 N–H and O–H groups in total. The molecule has 2 aliphatic rings. The number of anilines is 2. The van der Waals surface area contributed by atoms with Crippen LogP contribution in [-0.4, -0.2) is 30.2 Å². The quantitative estimate of drug-likeness (QED) is 0.369. The topological polar surface area (TPSA) is 46.4 Å².